The number of halogens is 4. The van der Waals surface area contributed by atoms with Crippen LogP contribution in [0.3, 0.4) is 0 Å². The van der Waals surface area contributed by atoms with E-state index >= 15 is 0 Å². The Morgan fingerprint density at radius 2 is 1.12 bits per heavy atom. The normalized spacial score (nSPS) is 10.6. The van der Waals surface area contributed by atoms with Gasteiger partial charge in [0, 0.05) is 20.9 Å². The maximum Gasteiger partial charge on any atom is 4.00 e. The molecule has 10 heteroatoms. The third-order valence-electron chi connectivity index (χ3n) is 4.56. The molecule has 0 unspecified atom stereocenters. The molecule has 0 saturated carbocycles. The first-order valence-corrected chi connectivity index (χ1v) is 15.0. The van der Waals surface area contributed by atoms with Gasteiger partial charge in [-0.15, -0.1) is 6.42 Å². The van der Waals surface area contributed by atoms with Crippen molar-refractivity contribution in [3.63, 3.8) is 0 Å². The van der Waals surface area contributed by atoms with Crippen molar-refractivity contribution in [1.29, 1.82) is 0 Å². The molecule has 4 N–H and O–H groups in total. The number of primary amides is 2. The second-order valence-corrected chi connectivity index (χ2v) is 13.7. The standard InChI is InChI=1S/2C8H17NO.C8H13Si.4ClH.V/c2*1-2-3-4-5-6-7-8(9)10;1-9(2,3)8-6-4-5-7-8;;;;;/h2*2-7H2,1H3,(H2,9,10);4,6H,5H2,1-3H3;4*1H;/q;;-1;;;;;+4/p-4. The zero-order valence-corrected chi connectivity index (χ0v) is 27.2. The molecule has 4 nitrogen and oxygen atoms in total. The fourth-order valence-corrected chi connectivity index (χ4v) is 3.98. The molecule has 0 aromatic carbocycles. The Morgan fingerprint density at radius 1 is 0.765 bits per heavy atom. The minimum atomic E-state index is -1.01. The summed E-state index contributed by atoms with van der Waals surface area (Å²) in [6.07, 6.45) is 21.7. The largest absolute Gasteiger partial charge is 4.00 e. The van der Waals surface area contributed by atoms with Crippen LogP contribution in [0.2, 0.25) is 19.6 Å². The number of amides is 2. The van der Waals surface area contributed by atoms with E-state index in [0.29, 0.717) is 12.8 Å². The Balaban J connectivity index is -0.0000000599. The summed E-state index contributed by atoms with van der Waals surface area (Å²) in [5.41, 5.74) is 9.94. The van der Waals surface area contributed by atoms with Crippen LogP contribution in [-0.4, -0.2) is 19.9 Å². The molecule has 1 aliphatic rings. The van der Waals surface area contributed by atoms with Crippen LogP contribution in [0, 0.1) is 6.08 Å². The fraction of sp³-hybridized carbons (Fsp3) is 0.750. The molecule has 0 aliphatic heterocycles. The van der Waals surface area contributed by atoms with Crippen molar-refractivity contribution in [3.05, 3.63) is 23.4 Å². The average Bonchev–Trinajstić information content (AvgIpc) is 3.17. The van der Waals surface area contributed by atoms with Crippen molar-refractivity contribution in [1.82, 2.24) is 0 Å². The first kappa shape index (κ1) is 51.1. The van der Waals surface area contributed by atoms with E-state index in [9.17, 15) is 9.59 Å². The third-order valence-corrected chi connectivity index (χ3v) is 6.52. The molecule has 0 aromatic rings. The Labute approximate surface area is 248 Å². The van der Waals surface area contributed by atoms with Gasteiger partial charge in [0.1, 0.15) is 0 Å². The third kappa shape index (κ3) is 42.5. The summed E-state index contributed by atoms with van der Waals surface area (Å²) in [5, 5.41) is 1.49. The number of hydrogen-bond donors (Lipinski definition) is 2. The second-order valence-electron chi connectivity index (χ2n) is 8.71. The van der Waals surface area contributed by atoms with Gasteiger partial charge >= 0.3 is 18.6 Å². The monoisotopic (exact) mass is 614 g/mol. The van der Waals surface area contributed by atoms with E-state index < -0.39 is 8.07 Å². The second kappa shape index (κ2) is 35.5. The van der Waals surface area contributed by atoms with Crippen molar-refractivity contribution in [2.75, 3.05) is 0 Å². The van der Waals surface area contributed by atoms with Crippen LogP contribution in [0.1, 0.15) is 97.3 Å². The minimum Gasteiger partial charge on any atom is -1.00 e. The van der Waals surface area contributed by atoms with E-state index in [1.807, 2.05) is 0 Å². The Bertz CT molecular complexity index is 480. The van der Waals surface area contributed by atoms with Crippen molar-refractivity contribution in [2.45, 2.75) is 117 Å². The maximum absolute atomic E-state index is 10.3. The summed E-state index contributed by atoms with van der Waals surface area (Å²) in [7, 11) is -1.01. The number of hydrogen-bond acceptors (Lipinski definition) is 2. The smallest absolute Gasteiger partial charge is 1.00 e. The molecule has 0 heterocycles. The molecule has 0 aromatic heterocycles. The van der Waals surface area contributed by atoms with Crippen molar-refractivity contribution < 1.29 is 77.8 Å². The summed E-state index contributed by atoms with van der Waals surface area (Å²) in [6, 6.07) is 0. The van der Waals surface area contributed by atoms with E-state index in [-0.39, 0.29) is 80.0 Å². The van der Waals surface area contributed by atoms with E-state index in [0.717, 1.165) is 32.1 Å². The van der Waals surface area contributed by atoms with Gasteiger partial charge in [0.15, 0.2) is 0 Å². The van der Waals surface area contributed by atoms with Gasteiger partial charge in [0.05, 0.1) is 0 Å². The van der Waals surface area contributed by atoms with Crippen LogP contribution in [0.15, 0.2) is 17.3 Å². The molecule has 0 spiro atoms. The van der Waals surface area contributed by atoms with Crippen molar-refractivity contribution >= 4 is 19.9 Å². The number of carbonyl (C=O) groups is 2. The van der Waals surface area contributed by atoms with Crippen LogP contribution in [0.4, 0.5) is 0 Å². The van der Waals surface area contributed by atoms with Crippen LogP contribution in [-0.2, 0) is 28.1 Å². The van der Waals surface area contributed by atoms with Crippen LogP contribution >= 0.6 is 0 Å². The molecule has 1 radical (unpaired) electrons. The summed E-state index contributed by atoms with van der Waals surface area (Å²) in [6.45, 7) is 11.4. The molecule has 1 rings (SSSR count). The van der Waals surface area contributed by atoms with Crippen molar-refractivity contribution in [3.8, 4) is 0 Å². The number of allylic oxidation sites excluding steroid dienone is 4. The molecular weight excluding hydrogens is 569 g/mol. The first-order valence-electron chi connectivity index (χ1n) is 11.5. The molecule has 203 valence electrons. The molecule has 0 fully saturated rings. The quantitative estimate of drug-likeness (QED) is 0.123. The van der Waals surface area contributed by atoms with Gasteiger partial charge in [0.25, 0.3) is 0 Å². The van der Waals surface area contributed by atoms with Gasteiger partial charge in [-0.1, -0.05) is 84.9 Å². The molecule has 0 atom stereocenters. The zero-order valence-electron chi connectivity index (χ0n) is 21.8. The Hall–Kier alpha value is 0.381. The topological polar surface area (TPSA) is 86.2 Å². The predicted octanol–water partition coefficient (Wildman–Crippen LogP) is -5.77. The van der Waals surface area contributed by atoms with Gasteiger partial charge in [-0.3, -0.25) is 15.7 Å². The van der Waals surface area contributed by atoms with Gasteiger partial charge in [0.2, 0.25) is 11.8 Å². The fourth-order valence-electron chi connectivity index (χ4n) is 2.73. The predicted molar refractivity (Wildman–Crippen MR) is 129 cm³/mol. The Kier molecular flexibility index (Phi) is 53.4. The number of unbranched alkanes of at least 4 members (excludes halogenated alkanes) is 8. The van der Waals surface area contributed by atoms with Gasteiger partial charge in [-0.2, -0.15) is 6.08 Å². The summed E-state index contributed by atoms with van der Waals surface area (Å²) in [4.78, 5) is 20.5. The molecule has 0 bridgehead atoms. The first-order chi connectivity index (χ1) is 13.6. The van der Waals surface area contributed by atoms with E-state index in [1.54, 1.807) is 0 Å². The van der Waals surface area contributed by atoms with Crippen molar-refractivity contribution in [2.24, 2.45) is 11.5 Å². The van der Waals surface area contributed by atoms with Crippen LogP contribution in [0.25, 0.3) is 0 Å². The summed E-state index contributed by atoms with van der Waals surface area (Å²) < 4.78 is 0. The van der Waals surface area contributed by atoms with Crippen LogP contribution < -0.4 is 61.1 Å². The number of carbonyl (C=O) groups excluding carboxylic acids is 2. The average molecular weight is 616 g/mol. The molecule has 34 heavy (non-hydrogen) atoms. The summed E-state index contributed by atoms with van der Waals surface area (Å²) >= 11 is 0. The van der Waals surface area contributed by atoms with E-state index in [1.165, 1.54) is 43.7 Å². The number of nitrogens with two attached hydrogens (primary N) is 2. The van der Waals surface area contributed by atoms with Crippen LogP contribution in [0.5, 0.6) is 0 Å². The molecular formula is C24H47Cl4N2O2SiV-. The molecule has 1 aliphatic carbocycles. The SMILES string of the molecule is CCCCCCCC(N)=O.CCCCCCCC(N)=O.C[Si](C)(C)C1=[C-]CC=C1.[Cl-].[Cl-].[Cl-].[Cl-].[V+4]. The number of rotatable bonds is 13. The molecule has 0 saturated heterocycles. The van der Waals surface area contributed by atoms with Gasteiger partial charge in [-0.05, 0) is 12.8 Å². The maximum atomic E-state index is 10.3. The van der Waals surface area contributed by atoms with Gasteiger partial charge in [-0.25, -0.2) is 11.3 Å². The summed E-state index contributed by atoms with van der Waals surface area (Å²) in [5.74, 6) is -0.340. The van der Waals surface area contributed by atoms with Gasteiger partial charge < -0.3 is 61.1 Å². The minimum absolute atomic E-state index is 0. The van der Waals surface area contributed by atoms with E-state index in [4.69, 9.17) is 11.5 Å². The zero-order chi connectivity index (χ0) is 22.5. The van der Waals surface area contributed by atoms with E-state index in [2.05, 4.69) is 51.7 Å². The molecule has 2 amide bonds. The Morgan fingerprint density at radius 3 is 1.32 bits per heavy atom.